The van der Waals surface area contributed by atoms with Crippen LogP contribution in [0.15, 0.2) is 54.1 Å². The van der Waals surface area contributed by atoms with E-state index in [-0.39, 0.29) is 24.0 Å². The molecule has 1 N–H and O–H groups in total. The summed E-state index contributed by atoms with van der Waals surface area (Å²) >= 11 is 0. The Morgan fingerprint density at radius 1 is 1.11 bits per heavy atom. The summed E-state index contributed by atoms with van der Waals surface area (Å²) in [5.41, 5.74) is -0.471. The second kappa shape index (κ2) is 9.43. The van der Waals surface area contributed by atoms with Gasteiger partial charge in [0, 0.05) is 30.8 Å². The molecule has 2 unspecified atom stereocenters. The molecular formula is C28H30N2O6. The van der Waals surface area contributed by atoms with Crippen LogP contribution < -0.4 is 9.64 Å². The summed E-state index contributed by atoms with van der Waals surface area (Å²) < 4.78 is 11.3. The van der Waals surface area contributed by atoms with Crippen molar-refractivity contribution in [2.24, 2.45) is 0 Å². The van der Waals surface area contributed by atoms with Crippen LogP contribution in [-0.2, 0) is 24.7 Å². The number of fused-ring (bicyclic) bond motifs is 2. The maximum absolute atomic E-state index is 14.3. The number of hydrogen-bond donors (Lipinski definition) is 1. The summed E-state index contributed by atoms with van der Waals surface area (Å²) in [4.78, 5) is 44.4. The monoisotopic (exact) mass is 490 g/mol. The molecule has 3 aliphatic heterocycles. The normalized spacial score (nSPS) is 24.7. The van der Waals surface area contributed by atoms with E-state index in [1.165, 1.54) is 4.90 Å². The number of ether oxygens (including phenoxy) is 2. The molecule has 0 aliphatic carbocycles. The first-order valence-electron chi connectivity index (χ1n) is 12.5. The van der Waals surface area contributed by atoms with Crippen molar-refractivity contribution in [2.45, 2.75) is 44.8 Å². The maximum atomic E-state index is 14.3. The third-order valence-electron chi connectivity index (χ3n) is 7.11. The zero-order chi connectivity index (χ0) is 25.4. The summed E-state index contributed by atoms with van der Waals surface area (Å²) in [6.45, 7) is 5.40. The smallest absolute Gasteiger partial charge is 0.296 e. The van der Waals surface area contributed by atoms with Crippen molar-refractivity contribution in [2.75, 3.05) is 31.2 Å². The molecule has 2 amide bonds. The van der Waals surface area contributed by atoms with Gasteiger partial charge in [-0.1, -0.05) is 25.1 Å². The van der Waals surface area contributed by atoms with Gasteiger partial charge < -0.3 is 24.4 Å². The zero-order valence-corrected chi connectivity index (χ0v) is 20.5. The van der Waals surface area contributed by atoms with E-state index in [2.05, 4.69) is 0 Å². The predicted octanol–water partition coefficient (Wildman–Crippen LogP) is 3.60. The van der Waals surface area contributed by atoms with Crippen LogP contribution in [0.2, 0.25) is 0 Å². The minimum Gasteiger partial charge on any atom is -0.507 e. The van der Waals surface area contributed by atoms with Crippen LogP contribution in [0.3, 0.4) is 0 Å². The van der Waals surface area contributed by atoms with E-state index in [4.69, 9.17) is 9.47 Å². The Labute approximate surface area is 210 Å². The highest BCUT2D eigenvalue weighted by molar-refractivity contribution is 6.50. The molecule has 0 bridgehead atoms. The van der Waals surface area contributed by atoms with Gasteiger partial charge in [-0.2, -0.15) is 0 Å². The summed E-state index contributed by atoms with van der Waals surface area (Å²) in [6.07, 6.45) is 1.98. The highest BCUT2D eigenvalue weighted by Crippen LogP contribution is 2.53. The molecule has 188 valence electrons. The molecule has 3 aliphatic rings. The van der Waals surface area contributed by atoms with Crippen molar-refractivity contribution >= 4 is 29.0 Å². The third-order valence-corrected chi connectivity index (χ3v) is 7.11. The van der Waals surface area contributed by atoms with Gasteiger partial charge in [0.2, 0.25) is 0 Å². The highest BCUT2D eigenvalue weighted by Gasteiger charge is 2.67. The lowest BCUT2D eigenvalue weighted by Gasteiger charge is -2.35. The molecule has 2 saturated heterocycles. The third kappa shape index (κ3) is 3.51. The fourth-order valence-corrected chi connectivity index (χ4v) is 5.57. The first kappa shape index (κ1) is 24.1. The number of amides is 2. The molecule has 0 saturated carbocycles. The van der Waals surface area contributed by atoms with E-state index in [1.807, 2.05) is 26.0 Å². The number of Topliss-reactive ketones (excluding diaryl/α,β-unsaturated/α-hetero) is 1. The topological polar surface area (TPSA) is 96.4 Å². The molecule has 2 aromatic carbocycles. The number of hydrogen-bond acceptors (Lipinski definition) is 6. The maximum Gasteiger partial charge on any atom is 0.296 e. The van der Waals surface area contributed by atoms with Gasteiger partial charge in [0.1, 0.15) is 11.5 Å². The molecule has 2 aromatic rings. The Bertz CT molecular complexity index is 1230. The Morgan fingerprint density at radius 3 is 2.53 bits per heavy atom. The molecule has 8 nitrogen and oxygen atoms in total. The van der Waals surface area contributed by atoms with Crippen LogP contribution >= 0.6 is 0 Å². The molecule has 0 aromatic heterocycles. The lowest BCUT2D eigenvalue weighted by molar-refractivity contribution is -0.145. The van der Waals surface area contributed by atoms with Crippen LogP contribution in [-0.4, -0.2) is 60.0 Å². The molecule has 0 radical (unpaired) electrons. The van der Waals surface area contributed by atoms with Crippen molar-refractivity contribution in [3.63, 3.8) is 0 Å². The van der Waals surface area contributed by atoms with Crippen LogP contribution in [0.25, 0.3) is 5.76 Å². The predicted molar refractivity (Wildman–Crippen MR) is 134 cm³/mol. The van der Waals surface area contributed by atoms with Gasteiger partial charge in [-0.25, -0.2) is 0 Å². The summed E-state index contributed by atoms with van der Waals surface area (Å²) in [5, 5.41) is 11.5. The SMILES string of the molecule is CCCN1C(=O)C2(/C(=C(\O)c3ccc(OCC)cc3)C(=O)C(=O)N2CC2CCCO2)c2ccccc21. The fourth-order valence-electron chi connectivity index (χ4n) is 5.57. The van der Waals surface area contributed by atoms with E-state index in [0.717, 1.165) is 12.8 Å². The highest BCUT2D eigenvalue weighted by atomic mass is 16.5. The van der Waals surface area contributed by atoms with Crippen LogP contribution in [0, 0.1) is 0 Å². The Kier molecular flexibility index (Phi) is 6.30. The van der Waals surface area contributed by atoms with Gasteiger partial charge in [0.05, 0.1) is 24.0 Å². The average molecular weight is 491 g/mol. The van der Waals surface area contributed by atoms with Crippen molar-refractivity contribution in [1.29, 1.82) is 0 Å². The molecule has 3 heterocycles. The molecular weight excluding hydrogens is 460 g/mol. The summed E-state index contributed by atoms with van der Waals surface area (Å²) in [6, 6.07) is 13.8. The molecule has 1 spiro atoms. The van der Waals surface area contributed by atoms with Gasteiger partial charge in [0.15, 0.2) is 5.54 Å². The number of ketones is 1. The van der Waals surface area contributed by atoms with E-state index >= 15 is 0 Å². The largest absolute Gasteiger partial charge is 0.507 e. The summed E-state index contributed by atoms with van der Waals surface area (Å²) in [5.74, 6) is -1.86. The number of carbonyl (C=O) groups excluding carboxylic acids is 3. The van der Waals surface area contributed by atoms with E-state index in [1.54, 1.807) is 41.3 Å². The molecule has 8 heteroatoms. The number of anilines is 1. The lowest BCUT2D eigenvalue weighted by Crippen LogP contribution is -2.53. The van der Waals surface area contributed by atoms with Crippen molar-refractivity contribution in [3.8, 4) is 5.75 Å². The fraction of sp³-hybridized carbons (Fsp3) is 0.393. The number of para-hydroxylation sites is 1. The lowest BCUT2D eigenvalue weighted by atomic mass is 9.81. The second-order valence-electron chi connectivity index (χ2n) is 9.25. The van der Waals surface area contributed by atoms with Gasteiger partial charge in [-0.05, 0) is 56.5 Å². The minimum absolute atomic E-state index is 0.0880. The number of rotatable bonds is 7. The van der Waals surface area contributed by atoms with E-state index < -0.39 is 23.1 Å². The van der Waals surface area contributed by atoms with Crippen LogP contribution in [0.5, 0.6) is 5.75 Å². The van der Waals surface area contributed by atoms with Crippen molar-refractivity contribution in [1.82, 2.24) is 4.90 Å². The number of carbonyl (C=O) groups is 3. The van der Waals surface area contributed by atoms with Gasteiger partial charge >= 0.3 is 0 Å². The second-order valence-corrected chi connectivity index (χ2v) is 9.25. The van der Waals surface area contributed by atoms with Crippen molar-refractivity contribution in [3.05, 3.63) is 65.2 Å². The minimum atomic E-state index is -1.76. The zero-order valence-electron chi connectivity index (χ0n) is 20.5. The standard InChI is InChI=1S/C28H30N2O6/c1-3-15-29-22-10-6-5-9-21(22)28(27(29)34)23(24(31)18-11-13-19(14-12-18)35-4-2)25(32)26(33)30(28)17-20-8-7-16-36-20/h5-6,9-14,20,31H,3-4,7-8,15-17H2,1-2H3/b24-23-. The Morgan fingerprint density at radius 2 is 1.86 bits per heavy atom. The number of nitrogens with zero attached hydrogens (tertiary/aromatic N) is 2. The molecule has 36 heavy (non-hydrogen) atoms. The van der Waals surface area contributed by atoms with Gasteiger partial charge in [-0.3, -0.25) is 14.4 Å². The first-order chi connectivity index (χ1) is 17.4. The van der Waals surface area contributed by atoms with Crippen LogP contribution in [0.4, 0.5) is 5.69 Å². The van der Waals surface area contributed by atoms with E-state index in [0.29, 0.717) is 48.7 Å². The first-order valence-corrected chi connectivity index (χ1v) is 12.5. The Balaban J connectivity index is 1.74. The van der Waals surface area contributed by atoms with Gasteiger partial charge in [-0.15, -0.1) is 0 Å². The molecule has 2 fully saturated rings. The number of likely N-dealkylation sites (tertiary alicyclic amines) is 1. The summed E-state index contributed by atoms with van der Waals surface area (Å²) in [7, 11) is 0. The molecule has 2 atom stereocenters. The van der Waals surface area contributed by atoms with Gasteiger partial charge in [0.25, 0.3) is 17.6 Å². The Hall–Kier alpha value is -3.65. The number of aliphatic hydroxyl groups excluding tert-OH is 1. The number of benzene rings is 2. The quantitative estimate of drug-likeness (QED) is 0.362. The number of aliphatic hydroxyl groups is 1. The van der Waals surface area contributed by atoms with E-state index in [9.17, 15) is 19.5 Å². The average Bonchev–Trinajstić information content (AvgIpc) is 3.55. The van der Waals surface area contributed by atoms with Crippen molar-refractivity contribution < 1.29 is 29.0 Å². The van der Waals surface area contributed by atoms with Crippen LogP contribution in [0.1, 0.15) is 44.2 Å². The molecule has 5 rings (SSSR count).